The molecule has 13 aromatic carbocycles. The van der Waals surface area contributed by atoms with Gasteiger partial charge in [0.1, 0.15) is 11.5 Å². The summed E-state index contributed by atoms with van der Waals surface area (Å²) in [6.45, 7) is -0.196. The summed E-state index contributed by atoms with van der Waals surface area (Å²) < 4.78 is 7.34. The molecular formula is C78H53BN2O. The highest BCUT2D eigenvalue weighted by atomic mass is 16.5. The van der Waals surface area contributed by atoms with Gasteiger partial charge in [-0.2, -0.15) is 0 Å². The summed E-state index contributed by atoms with van der Waals surface area (Å²) in [6.07, 6.45) is 0. The molecule has 0 bridgehead atoms. The number of hydrogen-bond donors (Lipinski definition) is 0. The van der Waals surface area contributed by atoms with E-state index in [0.29, 0.717) is 0 Å². The van der Waals surface area contributed by atoms with E-state index >= 15 is 0 Å². The summed E-state index contributed by atoms with van der Waals surface area (Å²) in [4.78, 5) is 5.06. The van der Waals surface area contributed by atoms with Crippen LogP contribution in [0.15, 0.2) is 322 Å². The molecule has 0 amide bonds. The first-order chi connectivity index (χ1) is 40.7. The molecule has 0 spiro atoms. The lowest BCUT2D eigenvalue weighted by Crippen LogP contribution is -2.61. The van der Waals surface area contributed by atoms with Crippen molar-refractivity contribution < 1.29 is 4.74 Å². The van der Waals surface area contributed by atoms with Crippen molar-refractivity contribution in [3.63, 3.8) is 0 Å². The standard InChI is InChI=1S/C78H53BN2O/c1-8-23-54(24-9-1)61-37-22-38-66(47-61)82-67-52-76-78-77(53-67)81(73-44-40-63(56-27-12-3-13-28-56)49-69(73)60-35-20-7-21-36-60)75-46-42-65(58-31-16-5-17-32-58)51-71(75)79(78)70-50-64(57-29-14-4-15-30-57)41-45-74(70)80(76)72-43-39-62(55-25-10-2-11-26-55)48-68(72)59-33-18-6-19-34-59/h1-53H. The average Bonchev–Trinajstić information content (AvgIpc) is 1.86. The molecule has 2 aliphatic heterocycles. The molecular weight excluding hydrogens is 992 g/mol. The Morgan fingerprint density at radius 2 is 0.512 bits per heavy atom. The first-order valence-corrected chi connectivity index (χ1v) is 28.2. The van der Waals surface area contributed by atoms with Gasteiger partial charge in [-0.25, -0.2) is 0 Å². The van der Waals surface area contributed by atoms with Gasteiger partial charge in [0.05, 0.1) is 11.4 Å². The van der Waals surface area contributed by atoms with E-state index in [4.69, 9.17) is 4.74 Å². The van der Waals surface area contributed by atoms with Gasteiger partial charge >= 0.3 is 0 Å². The van der Waals surface area contributed by atoms with Crippen LogP contribution in [0, 0.1) is 0 Å². The number of anilines is 6. The van der Waals surface area contributed by atoms with Crippen molar-refractivity contribution in [1.82, 2.24) is 0 Å². The zero-order valence-corrected chi connectivity index (χ0v) is 45.0. The highest BCUT2D eigenvalue weighted by Crippen LogP contribution is 2.51. The minimum absolute atomic E-state index is 0.196. The van der Waals surface area contributed by atoms with Crippen molar-refractivity contribution in [2.75, 3.05) is 9.80 Å². The van der Waals surface area contributed by atoms with Gasteiger partial charge in [-0.1, -0.05) is 261 Å². The van der Waals surface area contributed by atoms with Crippen LogP contribution in [0.2, 0.25) is 0 Å². The van der Waals surface area contributed by atoms with Crippen LogP contribution in [0.1, 0.15) is 0 Å². The van der Waals surface area contributed by atoms with Gasteiger partial charge in [0.15, 0.2) is 0 Å². The molecule has 13 aromatic rings. The van der Waals surface area contributed by atoms with E-state index in [0.717, 1.165) is 112 Å². The van der Waals surface area contributed by atoms with Gasteiger partial charge in [0, 0.05) is 46.0 Å². The molecule has 0 fully saturated rings. The lowest BCUT2D eigenvalue weighted by molar-refractivity contribution is 0.483. The van der Waals surface area contributed by atoms with Crippen LogP contribution >= 0.6 is 0 Å². The van der Waals surface area contributed by atoms with Gasteiger partial charge in [-0.05, 0) is 132 Å². The predicted octanol–water partition coefficient (Wildman–Crippen LogP) is 19.2. The Labute approximate surface area is 480 Å². The second kappa shape index (κ2) is 20.8. The van der Waals surface area contributed by atoms with Crippen LogP contribution < -0.4 is 30.9 Å². The fourth-order valence-electron chi connectivity index (χ4n) is 12.5. The maximum atomic E-state index is 7.34. The summed E-state index contributed by atoms with van der Waals surface area (Å²) in [6, 6.07) is 117. The molecule has 0 aliphatic carbocycles. The minimum atomic E-state index is -0.196. The van der Waals surface area contributed by atoms with Crippen molar-refractivity contribution in [2.45, 2.75) is 0 Å². The van der Waals surface area contributed by atoms with Gasteiger partial charge in [-0.3, -0.25) is 0 Å². The second-order valence-electron chi connectivity index (χ2n) is 21.2. The quantitative estimate of drug-likeness (QED) is 0.120. The van der Waals surface area contributed by atoms with E-state index in [-0.39, 0.29) is 6.71 Å². The van der Waals surface area contributed by atoms with Gasteiger partial charge < -0.3 is 14.5 Å². The molecule has 384 valence electrons. The molecule has 0 N–H and O–H groups in total. The minimum Gasteiger partial charge on any atom is -0.457 e. The van der Waals surface area contributed by atoms with E-state index < -0.39 is 0 Å². The maximum absolute atomic E-state index is 7.34. The Hall–Kier alpha value is -10.7. The molecule has 2 aliphatic rings. The molecule has 0 saturated heterocycles. The SMILES string of the molecule is c1ccc(-c2cccc(Oc3cc4c5c(c3)N(c3ccc(-c6ccccc6)cc3-c3ccccc3)c3ccc(-c6ccccc6)cc3B5c3cc(-c5ccccc5)ccc3N4c3ccc(-c4ccccc4)cc3-c3ccccc3)c2)cc1. The lowest BCUT2D eigenvalue weighted by Gasteiger charge is -2.45. The van der Waals surface area contributed by atoms with Gasteiger partial charge in [0.2, 0.25) is 0 Å². The van der Waals surface area contributed by atoms with E-state index in [1.807, 2.05) is 0 Å². The van der Waals surface area contributed by atoms with Crippen LogP contribution in [-0.4, -0.2) is 6.71 Å². The molecule has 82 heavy (non-hydrogen) atoms. The predicted molar refractivity (Wildman–Crippen MR) is 345 cm³/mol. The smallest absolute Gasteiger partial charge is 0.252 e. The third-order valence-corrected chi connectivity index (χ3v) is 16.3. The summed E-state index contributed by atoms with van der Waals surface area (Å²) >= 11 is 0. The van der Waals surface area contributed by atoms with Crippen molar-refractivity contribution in [3.05, 3.63) is 322 Å². The Morgan fingerprint density at radius 1 is 0.207 bits per heavy atom. The normalized spacial score (nSPS) is 12.1. The number of ether oxygens (including phenoxy) is 1. The van der Waals surface area contributed by atoms with Crippen molar-refractivity contribution in [1.29, 1.82) is 0 Å². The molecule has 0 aromatic heterocycles. The van der Waals surface area contributed by atoms with Crippen LogP contribution in [0.25, 0.3) is 77.9 Å². The Kier molecular flexibility index (Phi) is 12.3. The van der Waals surface area contributed by atoms with Crippen molar-refractivity contribution in [3.8, 4) is 89.4 Å². The van der Waals surface area contributed by atoms with Gasteiger partial charge in [0.25, 0.3) is 6.71 Å². The van der Waals surface area contributed by atoms with Crippen LogP contribution in [-0.2, 0) is 0 Å². The number of nitrogens with zero attached hydrogens (tertiary/aromatic N) is 2. The highest BCUT2D eigenvalue weighted by molar-refractivity contribution is 7.00. The largest absolute Gasteiger partial charge is 0.457 e. The summed E-state index contributed by atoms with van der Waals surface area (Å²) in [5.41, 5.74) is 26.1. The summed E-state index contributed by atoms with van der Waals surface area (Å²) in [7, 11) is 0. The van der Waals surface area contributed by atoms with Crippen LogP contribution in [0.4, 0.5) is 34.1 Å². The molecule has 3 nitrogen and oxygen atoms in total. The molecule has 0 saturated carbocycles. The van der Waals surface area contributed by atoms with Gasteiger partial charge in [-0.15, -0.1) is 0 Å². The number of hydrogen-bond acceptors (Lipinski definition) is 3. The Balaban J connectivity index is 1.05. The number of rotatable bonds is 11. The van der Waals surface area contributed by atoms with Crippen molar-refractivity contribution >= 4 is 57.2 Å². The van der Waals surface area contributed by atoms with Crippen LogP contribution in [0.5, 0.6) is 11.5 Å². The molecule has 15 rings (SSSR count). The van der Waals surface area contributed by atoms with Crippen molar-refractivity contribution in [2.24, 2.45) is 0 Å². The fourth-order valence-corrected chi connectivity index (χ4v) is 12.5. The summed E-state index contributed by atoms with van der Waals surface area (Å²) in [5, 5.41) is 0. The third kappa shape index (κ3) is 8.84. The van der Waals surface area contributed by atoms with E-state index in [2.05, 4.69) is 331 Å². The average molecular weight is 1050 g/mol. The first kappa shape index (κ1) is 48.5. The molecule has 4 heteroatoms. The molecule has 0 atom stereocenters. The first-order valence-electron chi connectivity index (χ1n) is 28.2. The zero-order valence-electron chi connectivity index (χ0n) is 45.0. The molecule has 0 radical (unpaired) electrons. The zero-order chi connectivity index (χ0) is 54.3. The summed E-state index contributed by atoms with van der Waals surface area (Å²) in [5.74, 6) is 1.48. The maximum Gasteiger partial charge on any atom is 0.252 e. The lowest BCUT2D eigenvalue weighted by atomic mass is 9.33. The number of benzene rings is 13. The molecule has 0 unspecified atom stereocenters. The number of fused-ring (bicyclic) bond motifs is 4. The van der Waals surface area contributed by atoms with E-state index in [1.54, 1.807) is 0 Å². The Morgan fingerprint density at radius 3 is 0.878 bits per heavy atom. The van der Waals surface area contributed by atoms with Crippen LogP contribution in [0.3, 0.4) is 0 Å². The van der Waals surface area contributed by atoms with E-state index in [9.17, 15) is 0 Å². The topological polar surface area (TPSA) is 15.7 Å². The van der Waals surface area contributed by atoms with E-state index in [1.165, 1.54) is 27.5 Å². The third-order valence-electron chi connectivity index (χ3n) is 16.3. The highest BCUT2D eigenvalue weighted by Gasteiger charge is 2.45. The Bertz CT molecular complexity index is 4220. The monoisotopic (exact) mass is 1040 g/mol. The second-order valence-corrected chi connectivity index (χ2v) is 21.2. The fraction of sp³-hybridized carbons (Fsp3) is 0. The molecule has 2 heterocycles.